The highest BCUT2D eigenvalue weighted by Crippen LogP contribution is 2.25. The highest BCUT2D eigenvalue weighted by molar-refractivity contribution is 7.08. The van der Waals surface area contributed by atoms with E-state index in [-0.39, 0.29) is 0 Å². The van der Waals surface area contributed by atoms with Crippen molar-refractivity contribution in [2.24, 2.45) is 0 Å². The zero-order chi connectivity index (χ0) is 16.3. The number of carboxylic acid groups (broad SMARTS) is 1. The molecule has 4 nitrogen and oxygen atoms in total. The third kappa shape index (κ3) is 3.17. The quantitative estimate of drug-likeness (QED) is 0.889. The second-order valence-corrected chi connectivity index (χ2v) is 5.98. The third-order valence-electron chi connectivity index (χ3n) is 3.66. The zero-order valence-corrected chi connectivity index (χ0v) is 13.0. The summed E-state index contributed by atoms with van der Waals surface area (Å²) in [5.74, 6) is -2.53. The van der Waals surface area contributed by atoms with Crippen LogP contribution < -0.4 is 5.32 Å². The second kappa shape index (κ2) is 6.27. The minimum Gasteiger partial charge on any atom is -0.479 e. The topological polar surface area (TPSA) is 66.4 Å². The van der Waals surface area contributed by atoms with Crippen LogP contribution in [0.5, 0.6) is 0 Å². The van der Waals surface area contributed by atoms with Crippen molar-refractivity contribution in [2.75, 3.05) is 0 Å². The Labute approximate surface area is 131 Å². The summed E-state index contributed by atoms with van der Waals surface area (Å²) in [5.41, 5.74) is -0.476. The highest BCUT2D eigenvalue weighted by atomic mass is 32.1. The van der Waals surface area contributed by atoms with Crippen molar-refractivity contribution in [3.05, 3.63) is 58.0 Å². The standard InChI is InChI=1S/C16H16FNO3S/c1-10(11-7-8-22-9-11)14(19)18-16(2,15(20)21)12-3-5-13(17)6-4-12/h3-10H,1-2H3,(H,18,19)(H,20,21). The number of benzene rings is 1. The molecular weight excluding hydrogens is 305 g/mol. The number of hydrogen-bond acceptors (Lipinski definition) is 3. The average molecular weight is 321 g/mol. The number of carbonyl (C=O) groups excluding carboxylic acids is 1. The third-order valence-corrected chi connectivity index (χ3v) is 4.36. The molecule has 0 radical (unpaired) electrons. The van der Waals surface area contributed by atoms with Crippen molar-refractivity contribution in [1.82, 2.24) is 5.32 Å². The molecule has 1 aromatic heterocycles. The molecule has 1 heterocycles. The van der Waals surface area contributed by atoms with Crippen LogP contribution in [0.3, 0.4) is 0 Å². The summed E-state index contributed by atoms with van der Waals surface area (Å²) in [6, 6.07) is 6.89. The van der Waals surface area contributed by atoms with Crippen molar-refractivity contribution in [3.63, 3.8) is 0 Å². The van der Waals surface area contributed by atoms with Crippen molar-refractivity contribution >= 4 is 23.2 Å². The molecule has 2 unspecified atom stereocenters. The predicted molar refractivity (Wildman–Crippen MR) is 82.3 cm³/mol. The number of thiophene rings is 1. The maximum atomic E-state index is 13.0. The molecular formula is C16H16FNO3S. The van der Waals surface area contributed by atoms with Crippen LogP contribution in [0, 0.1) is 5.82 Å². The van der Waals surface area contributed by atoms with Crippen LogP contribution in [-0.4, -0.2) is 17.0 Å². The number of rotatable bonds is 5. The summed E-state index contributed by atoms with van der Waals surface area (Å²) in [6.07, 6.45) is 0. The Hall–Kier alpha value is -2.21. The van der Waals surface area contributed by atoms with Gasteiger partial charge >= 0.3 is 5.97 Å². The molecule has 0 saturated carbocycles. The van der Waals surface area contributed by atoms with E-state index in [1.54, 1.807) is 6.92 Å². The molecule has 2 rings (SSSR count). The summed E-state index contributed by atoms with van der Waals surface area (Å²) in [7, 11) is 0. The minimum atomic E-state index is -1.62. The van der Waals surface area contributed by atoms with Crippen LogP contribution in [0.25, 0.3) is 0 Å². The first-order chi connectivity index (χ1) is 10.3. The molecule has 1 amide bonds. The largest absolute Gasteiger partial charge is 0.479 e. The molecule has 1 aromatic carbocycles. The van der Waals surface area contributed by atoms with Gasteiger partial charge in [0.1, 0.15) is 5.82 Å². The molecule has 6 heteroatoms. The molecule has 2 aromatic rings. The predicted octanol–water partition coefficient (Wildman–Crippen LogP) is 3.11. The minimum absolute atomic E-state index is 0.312. The number of carbonyl (C=O) groups is 2. The van der Waals surface area contributed by atoms with Crippen LogP contribution in [0.15, 0.2) is 41.1 Å². The van der Waals surface area contributed by atoms with Gasteiger partial charge in [-0.2, -0.15) is 11.3 Å². The molecule has 0 fully saturated rings. The molecule has 0 saturated heterocycles. The lowest BCUT2D eigenvalue weighted by Crippen LogP contribution is -2.50. The summed E-state index contributed by atoms with van der Waals surface area (Å²) in [4.78, 5) is 24.0. The number of aliphatic carboxylic acids is 1. The van der Waals surface area contributed by atoms with Gasteiger partial charge in [0, 0.05) is 0 Å². The second-order valence-electron chi connectivity index (χ2n) is 5.20. The molecule has 2 N–H and O–H groups in total. The van der Waals surface area contributed by atoms with E-state index in [1.165, 1.54) is 42.5 Å². The van der Waals surface area contributed by atoms with Crippen LogP contribution in [0.1, 0.15) is 30.9 Å². The van der Waals surface area contributed by atoms with Gasteiger partial charge in [0.15, 0.2) is 5.54 Å². The molecule has 0 aliphatic carbocycles. The lowest BCUT2D eigenvalue weighted by atomic mass is 9.90. The normalized spacial score (nSPS) is 14.9. The number of amides is 1. The Bertz CT molecular complexity index is 669. The van der Waals surface area contributed by atoms with Crippen LogP contribution in [0.2, 0.25) is 0 Å². The fourth-order valence-electron chi connectivity index (χ4n) is 2.06. The van der Waals surface area contributed by atoms with Gasteiger partial charge < -0.3 is 10.4 Å². The maximum absolute atomic E-state index is 13.0. The lowest BCUT2D eigenvalue weighted by Gasteiger charge is -2.28. The lowest BCUT2D eigenvalue weighted by molar-refractivity contribution is -0.147. The van der Waals surface area contributed by atoms with E-state index in [9.17, 15) is 19.1 Å². The van der Waals surface area contributed by atoms with E-state index in [0.717, 1.165) is 5.56 Å². The van der Waals surface area contributed by atoms with Crippen molar-refractivity contribution in [2.45, 2.75) is 25.3 Å². The van der Waals surface area contributed by atoms with E-state index in [4.69, 9.17) is 0 Å². The molecule has 0 spiro atoms. The number of carboxylic acids is 1. The smallest absolute Gasteiger partial charge is 0.333 e. The van der Waals surface area contributed by atoms with Gasteiger partial charge in [-0.05, 0) is 53.9 Å². The van der Waals surface area contributed by atoms with Gasteiger partial charge in [-0.25, -0.2) is 9.18 Å². The van der Waals surface area contributed by atoms with Gasteiger partial charge in [-0.3, -0.25) is 4.79 Å². The zero-order valence-electron chi connectivity index (χ0n) is 12.2. The summed E-state index contributed by atoms with van der Waals surface area (Å²) in [5, 5.41) is 15.8. The Morgan fingerprint density at radius 1 is 1.27 bits per heavy atom. The van der Waals surface area contributed by atoms with E-state index in [1.807, 2.05) is 16.8 Å². The molecule has 0 bridgehead atoms. The summed E-state index contributed by atoms with van der Waals surface area (Å²) in [6.45, 7) is 3.10. The van der Waals surface area contributed by atoms with Gasteiger partial charge in [0.25, 0.3) is 0 Å². The van der Waals surface area contributed by atoms with Gasteiger partial charge in [0.2, 0.25) is 5.91 Å². The van der Waals surface area contributed by atoms with Crippen LogP contribution >= 0.6 is 11.3 Å². The molecule has 0 aliphatic rings. The monoisotopic (exact) mass is 321 g/mol. The van der Waals surface area contributed by atoms with Crippen molar-refractivity contribution in [1.29, 1.82) is 0 Å². The van der Waals surface area contributed by atoms with E-state index >= 15 is 0 Å². The SMILES string of the molecule is CC(C(=O)NC(C)(C(=O)O)c1ccc(F)cc1)c1ccsc1. The molecule has 22 heavy (non-hydrogen) atoms. The summed E-state index contributed by atoms with van der Waals surface area (Å²) >= 11 is 1.47. The van der Waals surface area contributed by atoms with Crippen molar-refractivity contribution < 1.29 is 19.1 Å². The number of halogens is 1. The molecule has 2 atom stereocenters. The average Bonchev–Trinajstić information content (AvgIpc) is 3.00. The fourth-order valence-corrected chi connectivity index (χ4v) is 2.81. The van der Waals surface area contributed by atoms with E-state index in [0.29, 0.717) is 5.56 Å². The van der Waals surface area contributed by atoms with E-state index in [2.05, 4.69) is 5.32 Å². The Balaban J connectivity index is 2.27. The van der Waals surface area contributed by atoms with Gasteiger partial charge in [-0.15, -0.1) is 0 Å². The van der Waals surface area contributed by atoms with E-state index < -0.39 is 29.2 Å². The van der Waals surface area contributed by atoms with Crippen molar-refractivity contribution in [3.8, 4) is 0 Å². The number of hydrogen-bond donors (Lipinski definition) is 2. The maximum Gasteiger partial charge on any atom is 0.333 e. The van der Waals surface area contributed by atoms with Crippen LogP contribution in [-0.2, 0) is 15.1 Å². The molecule has 0 aliphatic heterocycles. The first-order valence-corrected chi connectivity index (χ1v) is 7.62. The first-order valence-electron chi connectivity index (χ1n) is 6.68. The first kappa shape index (κ1) is 16.2. The highest BCUT2D eigenvalue weighted by Gasteiger charge is 2.38. The Morgan fingerprint density at radius 2 is 1.91 bits per heavy atom. The van der Waals surface area contributed by atoms with Gasteiger partial charge in [-0.1, -0.05) is 12.1 Å². The molecule has 116 valence electrons. The van der Waals surface area contributed by atoms with Gasteiger partial charge in [0.05, 0.1) is 5.92 Å². The Kier molecular flexibility index (Phi) is 4.61. The number of nitrogens with one attached hydrogen (secondary N) is 1. The summed E-state index contributed by atoms with van der Waals surface area (Å²) < 4.78 is 13.0. The van der Waals surface area contributed by atoms with Crippen LogP contribution in [0.4, 0.5) is 4.39 Å². The fraction of sp³-hybridized carbons (Fsp3) is 0.250. The Morgan fingerprint density at radius 3 is 2.41 bits per heavy atom.